The number of nitrogens with zero attached hydrogens (tertiary/aromatic N) is 4. The molecule has 0 radical (unpaired) electrons. The van der Waals surface area contributed by atoms with Gasteiger partial charge in [0.05, 0.1) is 17.7 Å². The number of halogens is 2. The van der Waals surface area contributed by atoms with Crippen LogP contribution in [0.4, 0.5) is 8.78 Å². The summed E-state index contributed by atoms with van der Waals surface area (Å²) < 4.78 is 29.9. The molecule has 6 nitrogen and oxygen atoms in total. The zero-order valence-corrected chi connectivity index (χ0v) is 17.5. The zero-order valence-electron chi connectivity index (χ0n) is 17.5. The number of imidazole rings is 1. The van der Waals surface area contributed by atoms with E-state index in [0.29, 0.717) is 29.2 Å². The average Bonchev–Trinajstić information content (AvgIpc) is 3.39. The fourth-order valence-corrected chi connectivity index (χ4v) is 4.28. The van der Waals surface area contributed by atoms with Gasteiger partial charge in [0.25, 0.3) is 5.72 Å². The van der Waals surface area contributed by atoms with Crippen molar-refractivity contribution < 1.29 is 18.7 Å². The standard InChI is InChI=1S/C24H22F2N4O2/c1-16-13-29(15-27-16)22-9-4-17(12-21(22)26)11-18-3-2-10-30-23(18)28-32-24(30,14-31)19-5-7-20(25)8-6-19/h4-9,11-13,15,31H,2-3,10,14H2,1H3/b18-11+/t24-/m1/s1. The molecule has 0 aliphatic carbocycles. The van der Waals surface area contributed by atoms with Gasteiger partial charge in [0, 0.05) is 18.3 Å². The molecule has 0 bridgehead atoms. The van der Waals surface area contributed by atoms with Crippen molar-refractivity contribution in [3.63, 3.8) is 0 Å². The van der Waals surface area contributed by atoms with Crippen molar-refractivity contribution in [1.29, 1.82) is 0 Å². The van der Waals surface area contributed by atoms with Gasteiger partial charge in [-0.1, -0.05) is 11.2 Å². The second-order valence-electron chi connectivity index (χ2n) is 8.01. The first-order chi connectivity index (χ1) is 15.5. The van der Waals surface area contributed by atoms with Gasteiger partial charge in [-0.05, 0) is 73.4 Å². The van der Waals surface area contributed by atoms with Crippen molar-refractivity contribution >= 4 is 11.9 Å². The number of benzene rings is 2. The minimum Gasteiger partial charge on any atom is -0.390 e. The van der Waals surface area contributed by atoms with Gasteiger partial charge in [0.2, 0.25) is 0 Å². The second-order valence-corrected chi connectivity index (χ2v) is 8.01. The molecule has 5 rings (SSSR count). The van der Waals surface area contributed by atoms with E-state index in [1.165, 1.54) is 18.2 Å². The fraction of sp³-hybridized carbons (Fsp3) is 0.250. The Morgan fingerprint density at radius 1 is 1.19 bits per heavy atom. The van der Waals surface area contributed by atoms with Crippen LogP contribution in [-0.4, -0.2) is 38.5 Å². The monoisotopic (exact) mass is 436 g/mol. The first kappa shape index (κ1) is 20.4. The van der Waals surface area contributed by atoms with E-state index in [9.17, 15) is 13.9 Å². The summed E-state index contributed by atoms with van der Waals surface area (Å²) in [5.74, 6) is -0.120. The second kappa shape index (κ2) is 7.87. The lowest BCUT2D eigenvalue weighted by Crippen LogP contribution is -2.51. The lowest BCUT2D eigenvalue weighted by Gasteiger charge is -2.38. The maximum absolute atomic E-state index is 14.8. The lowest BCUT2D eigenvalue weighted by atomic mass is 9.95. The van der Waals surface area contributed by atoms with Gasteiger partial charge in [-0.15, -0.1) is 0 Å². The number of aromatic nitrogens is 2. The van der Waals surface area contributed by atoms with Gasteiger partial charge in [-0.25, -0.2) is 13.8 Å². The molecule has 0 saturated carbocycles. The molecule has 2 aliphatic rings. The topological polar surface area (TPSA) is 62.9 Å². The Morgan fingerprint density at radius 3 is 2.69 bits per heavy atom. The van der Waals surface area contributed by atoms with Gasteiger partial charge in [0.1, 0.15) is 18.2 Å². The van der Waals surface area contributed by atoms with E-state index in [1.54, 1.807) is 35.3 Å². The minimum absolute atomic E-state index is 0.341. The number of hydrogen-bond donors (Lipinski definition) is 1. The predicted octanol–water partition coefficient (Wildman–Crippen LogP) is 4.13. The fourth-order valence-electron chi connectivity index (χ4n) is 4.28. The van der Waals surface area contributed by atoms with Gasteiger partial charge in [-0.2, -0.15) is 0 Å². The van der Waals surface area contributed by atoms with Crippen molar-refractivity contribution in [3.8, 4) is 5.69 Å². The molecule has 8 heteroatoms. The van der Waals surface area contributed by atoms with Crippen LogP contribution in [0, 0.1) is 18.6 Å². The average molecular weight is 436 g/mol. The third-order valence-corrected chi connectivity index (χ3v) is 5.90. The van der Waals surface area contributed by atoms with Gasteiger partial charge in [-0.3, -0.25) is 0 Å². The van der Waals surface area contributed by atoms with Crippen molar-refractivity contribution in [2.75, 3.05) is 13.2 Å². The van der Waals surface area contributed by atoms with Gasteiger partial charge >= 0.3 is 0 Å². The van der Waals surface area contributed by atoms with Crippen LogP contribution in [0.5, 0.6) is 0 Å². The van der Waals surface area contributed by atoms with Crippen LogP contribution in [0.25, 0.3) is 11.8 Å². The Hall–Kier alpha value is -3.52. The summed E-state index contributed by atoms with van der Waals surface area (Å²) in [7, 11) is 0. The number of hydrogen-bond acceptors (Lipinski definition) is 5. The highest BCUT2D eigenvalue weighted by Gasteiger charge is 2.49. The molecule has 0 amide bonds. The summed E-state index contributed by atoms with van der Waals surface area (Å²) in [5, 5.41) is 14.5. The Labute approximate surface area is 184 Å². The number of aliphatic hydroxyl groups excluding tert-OH is 1. The molecule has 3 aromatic rings. The molecule has 1 atom stereocenters. The molecule has 1 fully saturated rings. The van der Waals surface area contributed by atoms with Crippen molar-refractivity contribution in [1.82, 2.24) is 14.5 Å². The number of aliphatic hydroxyl groups is 1. The van der Waals surface area contributed by atoms with Crippen LogP contribution in [0.2, 0.25) is 0 Å². The lowest BCUT2D eigenvalue weighted by molar-refractivity contribution is -0.137. The number of oxime groups is 1. The van der Waals surface area contributed by atoms with E-state index in [4.69, 9.17) is 4.84 Å². The van der Waals surface area contributed by atoms with Crippen LogP contribution in [0.15, 0.2) is 65.7 Å². The zero-order chi connectivity index (χ0) is 22.3. The highest BCUT2D eigenvalue weighted by Crippen LogP contribution is 2.40. The van der Waals surface area contributed by atoms with Crippen molar-refractivity contribution in [2.24, 2.45) is 5.16 Å². The third kappa shape index (κ3) is 3.36. The van der Waals surface area contributed by atoms with Crippen LogP contribution in [0.3, 0.4) is 0 Å². The first-order valence-electron chi connectivity index (χ1n) is 10.4. The number of piperidine rings is 1. The number of fused-ring (bicyclic) bond motifs is 1. The number of aryl methyl sites for hydroxylation is 1. The normalized spacial score (nSPS) is 21.4. The number of rotatable bonds is 4. The highest BCUT2D eigenvalue weighted by atomic mass is 19.1. The summed E-state index contributed by atoms with van der Waals surface area (Å²) in [5.41, 5.74) is 2.25. The molecule has 2 aromatic carbocycles. The third-order valence-electron chi connectivity index (χ3n) is 5.90. The minimum atomic E-state index is -1.20. The molecule has 0 unspecified atom stereocenters. The van der Waals surface area contributed by atoms with Gasteiger partial charge < -0.3 is 19.4 Å². The molecule has 1 N–H and O–H groups in total. The van der Waals surface area contributed by atoms with E-state index in [0.717, 1.165) is 24.1 Å². The Morgan fingerprint density at radius 2 is 2.00 bits per heavy atom. The SMILES string of the molecule is Cc1cn(-c2ccc(/C=C3\CCCN4C3=NO[C@]4(CO)c3ccc(F)cc3)cc2F)cn1. The molecule has 2 aliphatic heterocycles. The molecule has 0 spiro atoms. The predicted molar refractivity (Wildman–Crippen MR) is 116 cm³/mol. The van der Waals surface area contributed by atoms with E-state index in [1.807, 2.05) is 24.0 Å². The molecule has 3 heterocycles. The largest absolute Gasteiger partial charge is 0.390 e. The van der Waals surface area contributed by atoms with Crippen molar-refractivity contribution in [3.05, 3.63) is 89.0 Å². The van der Waals surface area contributed by atoms with Crippen LogP contribution in [-0.2, 0) is 10.6 Å². The molecule has 164 valence electrons. The number of amidine groups is 1. The maximum atomic E-state index is 14.8. The summed E-state index contributed by atoms with van der Waals surface area (Å²) in [6.07, 6.45) is 6.79. The summed E-state index contributed by atoms with van der Waals surface area (Å²) in [4.78, 5) is 11.8. The Bertz CT molecular complexity index is 1220. The Balaban J connectivity index is 1.45. The molecule has 1 saturated heterocycles. The molecular formula is C24H22F2N4O2. The van der Waals surface area contributed by atoms with Gasteiger partial charge in [0.15, 0.2) is 5.84 Å². The first-order valence-corrected chi connectivity index (χ1v) is 10.4. The molecule has 1 aromatic heterocycles. The maximum Gasteiger partial charge on any atom is 0.260 e. The summed E-state index contributed by atoms with van der Waals surface area (Å²) in [6, 6.07) is 10.9. The van der Waals surface area contributed by atoms with Crippen LogP contribution in [0.1, 0.15) is 29.7 Å². The van der Waals surface area contributed by atoms with Crippen molar-refractivity contribution in [2.45, 2.75) is 25.5 Å². The highest BCUT2D eigenvalue weighted by molar-refractivity contribution is 6.03. The molecule has 32 heavy (non-hydrogen) atoms. The quantitative estimate of drug-likeness (QED) is 0.668. The molecular weight excluding hydrogens is 414 g/mol. The summed E-state index contributed by atoms with van der Waals surface area (Å²) >= 11 is 0. The van der Waals surface area contributed by atoms with Crippen LogP contribution < -0.4 is 0 Å². The van der Waals surface area contributed by atoms with E-state index in [2.05, 4.69) is 10.1 Å². The smallest absolute Gasteiger partial charge is 0.260 e. The van der Waals surface area contributed by atoms with E-state index in [-0.39, 0.29) is 18.2 Å². The Kier molecular flexibility index (Phi) is 5.01. The summed E-state index contributed by atoms with van der Waals surface area (Å²) in [6.45, 7) is 2.14. The van der Waals surface area contributed by atoms with E-state index >= 15 is 0 Å². The van der Waals surface area contributed by atoms with Crippen LogP contribution >= 0.6 is 0 Å². The van der Waals surface area contributed by atoms with E-state index < -0.39 is 5.72 Å².